The minimum absolute atomic E-state index is 0.131. The predicted octanol–water partition coefficient (Wildman–Crippen LogP) is 2.77. The van der Waals surface area contributed by atoms with Gasteiger partial charge in [0.25, 0.3) is 0 Å². The molecular formula is C16H14FN3O3. The van der Waals surface area contributed by atoms with Crippen LogP contribution in [0.25, 0.3) is 5.69 Å². The number of esters is 1. The maximum atomic E-state index is 13.2. The van der Waals surface area contributed by atoms with E-state index >= 15 is 0 Å². The zero-order valence-corrected chi connectivity index (χ0v) is 12.4. The van der Waals surface area contributed by atoms with Crippen LogP contribution in [0.2, 0.25) is 0 Å². The van der Waals surface area contributed by atoms with E-state index in [1.165, 1.54) is 18.4 Å². The molecule has 7 heteroatoms. The molecular weight excluding hydrogens is 301 g/mol. The molecule has 118 valence electrons. The van der Waals surface area contributed by atoms with Crippen LogP contribution in [0.1, 0.15) is 29.0 Å². The maximum Gasteiger partial charge on any atom is 0.360 e. The Morgan fingerprint density at radius 3 is 3.09 bits per heavy atom. The van der Waals surface area contributed by atoms with E-state index in [4.69, 9.17) is 9.15 Å². The van der Waals surface area contributed by atoms with E-state index in [0.29, 0.717) is 23.7 Å². The van der Waals surface area contributed by atoms with Crippen LogP contribution in [0.3, 0.4) is 0 Å². The van der Waals surface area contributed by atoms with E-state index in [2.05, 4.69) is 9.97 Å². The van der Waals surface area contributed by atoms with Crippen molar-refractivity contribution in [2.24, 2.45) is 0 Å². The van der Waals surface area contributed by atoms with Crippen LogP contribution in [-0.4, -0.2) is 27.1 Å². The van der Waals surface area contributed by atoms with Crippen molar-refractivity contribution in [1.82, 2.24) is 14.5 Å². The summed E-state index contributed by atoms with van der Waals surface area (Å²) < 4.78 is 25.0. The van der Waals surface area contributed by atoms with Crippen molar-refractivity contribution >= 4 is 5.97 Å². The van der Waals surface area contributed by atoms with Crippen LogP contribution in [0.15, 0.2) is 47.5 Å². The molecule has 0 saturated heterocycles. The fourth-order valence-electron chi connectivity index (χ4n) is 2.08. The minimum Gasteiger partial charge on any atom is -0.461 e. The first kappa shape index (κ1) is 15.0. The lowest BCUT2D eigenvalue weighted by molar-refractivity contribution is 0.0519. The number of nitrogens with zero attached hydrogens (tertiary/aromatic N) is 3. The van der Waals surface area contributed by atoms with Crippen molar-refractivity contribution in [1.29, 1.82) is 0 Å². The molecule has 3 aromatic rings. The second-order valence-electron chi connectivity index (χ2n) is 4.78. The Morgan fingerprint density at radius 2 is 2.30 bits per heavy atom. The van der Waals surface area contributed by atoms with E-state index in [-0.39, 0.29) is 18.1 Å². The first-order chi connectivity index (χ1) is 11.2. The van der Waals surface area contributed by atoms with Gasteiger partial charge in [-0.2, -0.15) is 0 Å². The van der Waals surface area contributed by atoms with Gasteiger partial charge in [-0.05, 0) is 25.1 Å². The minimum atomic E-state index is -0.521. The molecule has 0 N–H and O–H groups in total. The Hall–Kier alpha value is -2.96. The van der Waals surface area contributed by atoms with Crippen molar-refractivity contribution in [3.05, 3.63) is 66.1 Å². The van der Waals surface area contributed by atoms with Crippen LogP contribution in [0.5, 0.6) is 0 Å². The number of carbonyl (C=O) groups is 1. The number of benzene rings is 1. The molecule has 0 aliphatic rings. The summed E-state index contributed by atoms with van der Waals surface area (Å²) in [5, 5.41) is 0. The van der Waals surface area contributed by atoms with Crippen molar-refractivity contribution < 1.29 is 18.3 Å². The first-order valence-corrected chi connectivity index (χ1v) is 7.06. The van der Waals surface area contributed by atoms with E-state index < -0.39 is 5.97 Å². The number of halogens is 1. The van der Waals surface area contributed by atoms with Crippen LogP contribution < -0.4 is 0 Å². The predicted molar refractivity (Wildman–Crippen MR) is 78.8 cm³/mol. The molecule has 2 aromatic heterocycles. The third-order valence-corrected chi connectivity index (χ3v) is 3.11. The number of rotatable bonds is 5. The Balaban J connectivity index is 1.73. The summed E-state index contributed by atoms with van der Waals surface area (Å²) in [6.07, 6.45) is 4.92. The fraction of sp³-hybridized carbons (Fsp3) is 0.188. The summed E-state index contributed by atoms with van der Waals surface area (Å²) in [5.74, 6) is -0.477. The molecule has 0 atom stereocenters. The molecule has 1 aromatic carbocycles. The molecule has 0 unspecified atom stereocenters. The van der Waals surface area contributed by atoms with Gasteiger partial charge in [-0.25, -0.2) is 19.2 Å². The molecule has 6 nitrogen and oxygen atoms in total. The topological polar surface area (TPSA) is 70.2 Å². The average Bonchev–Trinajstić information content (AvgIpc) is 3.17. The van der Waals surface area contributed by atoms with Crippen molar-refractivity contribution in [2.75, 3.05) is 6.61 Å². The standard InChI is InChI=1S/C16H14FN3O3/c1-2-22-16(21)14-9-23-15(19-14)7-12-8-20(10-18-12)13-5-3-4-11(17)6-13/h3-6,8-10H,2,7H2,1H3. The monoisotopic (exact) mass is 315 g/mol. The van der Waals surface area contributed by atoms with Crippen molar-refractivity contribution in [2.45, 2.75) is 13.3 Å². The zero-order valence-electron chi connectivity index (χ0n) is 12.4. The quantitative estimate of drug-likeness (QED) is 0.677. The Labute approximate surface area is 131 Å². The highest BCUT2D eigenvalue weighted by atomic mass is 19.1. The molecule has 0 spiro atoms. The second kappa shape index (κ2) is 6.43. The number of hydrogen-bond acceptors (Lipinski definition) is 5. The summed E-state index contributed by atoms with van der Waals surface area (Å²) in [6.45, 7) is 2.00. The smallest absolute Gasteiger partial charge is 0.360 e. The first-order valence-electron chi connectivity index (χ1n) is 7.06. The molecule has 0 aliphatic carbocycles. The molecule has 0 bridgehead atoms. The fourth-order valence-corrected chi connectivity index (χ4v) is 2.08. The molecule has 0 amide bonds. The van der Waals surface area contributed by atoms with Gasteiger partial charge in [-0.3, -0.25) is 0 Å². The summed E-state index contributed by atoms with van der Waals surface area (Å²) in [7, 11) is 0. The largest absolute Gasteiger partial charge is 0.461 e. The van der Waals surface area contributed by atoms with E-state index in [1.807, 2.05) is 0 Å². The van der Waals surface area contributed by atoms with E-state index in [9.17, 15) is 9.18 Å². The van der Waals surface area contributed by atoms with Gasteiger partial charge in [-0.15, -0.1) is 0 Å². The summed E-state index contributed by atoms with van der Waals surface area (Å²) in [5.41, 5.74) is 1.49. The highest BCUT2D eigenvalue weighted by Gasteiger charge is 2.14. The molecule has 0 saturated carbocycles. The molecule has 23 heavy (non-hydrogen) atoms. The summed E-state index contributed by atoms with van der Waals surface area (Å²) in [6, 6.07) is 6.20. The van der Waals surface area contributed by atoms with E-state index in [1.54, 1.807) is 36.1 Å². The highest BCUT2D eigenvalue weighted by Crippen LogP contribution is 2.13. The average molecular weight is 315 g/mol. The van der Waals surface area contributed by atoms with Gasteiger partial charge in [0.1, 0.15) is 12.1 Å². The molecule has 0 radical (unpaired) electrons. The number of carbonyl (C=O) groups excluding carboxylic acids is 1. The third kappa shape index (κ3) is 3.45. The number of ether oxygens (including phenoxy) is 1. The Morgan fingerprint density at radius 1 is 1.43 bits per heavy atom. The summed E-state index contributed by atoms with van der Waals surface area (Å²) in [4.78, 5) is 19.8. The van der Waals surface area contributed by atoms with Gasteiger partial charge in [0.15, 0.2) is 5.69 Å². The van der Waals surface area contributed by atoms with Crippen LogP contribution in [0.4, 0.5) is 4.39 Å². The molecule has 0 fully saturated rings. The normalized spacial score (nSPS) is 10.7. The Kier molecular flexibility index (Phi) is 4.18. The van der Waals surface area contributed by atoms with Crippen molar-refractivity contribution in [3.63, 3.8) is 0 Å². The molecule has 3 rings (SSSR count). The maximum absolute atomic E-state index is 13.2. The van der Waals surface area contributed by atoms with Crippen molar-refractivity contribution in [3.8, 4) is 5.69 Å². The van der Waals surface area contributed by atoms with Gasteiger partial charge in [0.05, 0.1) is 25.0 Å². The zero-order chi connectivity index (χ0) is 16.2. The lowest BCUT2D eigenvalue weighted by atomic mass is 10.3. The van der Waals surface area contributed by atoms with Gasteiger partial charge >= 0.3 is 5.97 Å². The SMILES string of the molecule is CCOC(=O)c1coc(Cc2cn(-c3cccc(F)c3)cn2)n1. The van der Waals surface area contributed by atoms with Gasteiger partial charge < -0.3 is 13.7 Å². The summed E-state index contributed by atoms with van der Waals surface area (Å²) >= 11 is 0. The number of oxazole rings is 1. The number of hydrogen-bond donors (Lipinski definition) is 0. The number of imidazole rings is 1. The van der Waals surface area contributed by atoms with E-state index in [0.717, 1.165) is 0 Å². The highest BCUT2D eigenvalue weighted by molar-refractivity contribution is 5.86. The third-order valence-electron chi connectivity index (χ3n) is 3.11. The van der Waals surface area contributed by atoms with Crippen LogP contribution in [0, 0.1) is 5.82 Å². The van der Waals surface area contributed by atoms with Gasteiger partial charge in [0, 0.05) is 11.9 Å². The Bertz CT molecular complexity index is 825. The van der Waals surface area contributed by atoms with Gasteiger partial charge in [-0.1, -0.05) is 6.07 Å². The van der Waals surface area contributed by atoms with Crippen LogP contribution >= 0.6 is 0 Å². The molecule has 2 heterocycles. The molecule has 0 aliphatic heterocycles. The van der Waals surface area contributed by atoms with Gasteiger partial charge in [0.2, 0.25) is 5.89 Å². The lowest BCUT2D eigenvalue weighted by Gasteiger charge is -2.00. The van der Waals surface area contributed by atoms with Crippen LogP contribution in [-0.2, 0) is 11.2 Å². The number of aromatic nitrogens is 3. The lowest BCUT2D eigenvalue weighted by Crippen LogP contribution is -2.05. The second-order valence-corrected chi connectivity index (χ2v) is 4.78.